The molecular weight excluding hydrogens is 214 g/mol. The fraction of sp³-hybridized carbons (Fsp3) is 0.500. The van der Waals surface area contributed by atoms with E-state index in [2.05, 4.69) is 31.3 Å². The molecule has 0 amide bonds. The SMILES string of the molecule is CC(Cn1ccnc1)n1ccnc1NC1CC1. The molecule has 0 aromatic carbocycles. The van der Waals surface area contributed by atoms with E-state index in [1.807, 2.05) is 31.1 Å². The Morgan fingerprint density at radius 2 is 2.29 bits per heavy atom. The monoisotopic (exact) mass is 231 g/mol. The zero-order chi connectivity index (χ0) is 11.7. The van der Waals surface area contributed by atoms with E-state index >= 15 is 0 Å². The fourth-order valence-electron chi connectivity index (χ4n) is 1.98. The predicted octanol–water partition coefficient (Wildman–Crippen LogP) is 1.92. The van der Waals surface area contributed by atoms with Crippen LogP contribution in [0.15, 0.2) is 31.1 Å². The van der Waals surface area contributed by atoms with Gasteiger partial charge in [0.1, 0.15) is 0 Å². The topological polar surface area (TPSA) is 47.7 Å². The Labute approximate surface area is 100 Å². The molecule has 1 aliphatic rings. The second kappa shape index (κ2) is 4.24. The molecule has 0 saturated heterocycles. The van der Waals surface area contributed by atoms with Crippen LogP contribution in [0.1, 0.15) is 25.8 Å². The van der Waals surface area contributed by atoms with Crippen LogP contribution < -0.4 is 5.32 Å². The summed E-state index contributed by atoms with van der Waals surface area (Å²) in [7, 11) is 0. The van der Waals surface area contributed by atoms with E-state index < -0.39 is 0 Å². The Morgan fingerprint density at radius 1 is 1.41 bits per heavy atom. The minimum atomic E-state index is 0.368. The molecule has 0 bridgehead atoms. The van der Waals surface area contributed by atoms with Crippen molar-refractivity contribution in [2.24, 2.45) is 0 Å². The summed E-state index contributed by atoms with van der Waals surface area (Å²) in [6.07, 6.45) is 12.1. The molecule has 2 aromatic rings. The molecule has 1 aliphatic carbocycles. The van der Waals surface area contributed by atoms with Crippen LogP contribution in [0.25, 0.3) is 0 Å². The molecule has 0 aliphatic heterocycles. The van der Waals surface area contributed by atoms with Crippen molar-refractivity contribution in [2.75, 3.05) is 5.32 Å². The van der Waals surface area contributed by atoms with Gasteiger partial charge in [0.2, 0.25) is 5.95 Å². The van der Waals surface area contributed by atoms with Crippen LogP contribution in [-0.4, -0.2) is 25.1 Å². The molecule has 5 heteroatoms. The summed E-state index contributed by atoms with van der Waals surface area (Å²) < 4.78 is 4.28. The van der Waals surface area contributed by atoms with E-state index in [9.17, 15) is 0 Å². The zero-order valence-corrected chi connectivity index (χ0v) is 9.95. The van der Waals surface area contributed by atoms with Gasteiger partial charge < -0.3 is 14.5 Å². The summed E-state index contributed by atoms with van der Waals surface area (Å²) in [6.45, 7) is 3.11. The number of anilines is 1. The number of nitrogens with one attached hydrogen (secondary N) is 1. The molecule has 1 saturated carbocycles. The summed E-state index contributed by atoms with van der Waals surface area (Å²) in [5, 5.41) is 3.45. The Bertz CT molecular complexity index is 469. The van der Waals surface area contributed by atoms with Gasteiger partial charge in [0, 0.05) is 37.4 Å². The Hall–Kier alpha value is -1.78. The fourth-order valence-corrected chi connectivity index (χ4v) is 1.98. The number of rotatable bonds is 5. The molecular formula is C12H17N5. The van der Waals surface area contributed by atoms with Crippen molar-refractivity contribution in [3.63, 3.8) is 0 Å². The van der Waals surface area contributed by atoms with Gasteiger partial charge in [-0.2, -0.15) is 0 Å². The van der Waals surface area contributed by atoms with Crippen LogP contribution >= 0.6 is 0 Å². The van der Waals surface area contributed by atoms with E-state index in [1.54, 1.807) is 0 Å². The Kier molecular flexibility index (Phi) is 2.59. The molecule has 17 heavy (non-hydrogen) atoms. The van der Waals surface area contributed by atoms with E-state index in [4.69, 9.17) is 0 Å². The summed E-state index contributed by atoms with van der Waals surface area (Å²) >= 11 is 0. The average molecular weight is 231 g/mol. The van der Waals surface area contributed by atoms with Gasteiger partial charge in [-0.3, -0.25) is 0 Å². The first-order chi connectivity index (χ1) is 8.33. The third-order valence-electron chi connectivity index (χ3n) is 3.09. The molecule has 2 heterocycles. The van der Waals surface area contributed by atoms with Crippen molar-refractivity contribution in [3.8, 4) is 0 Å². The summed E-state index contributed by atoms with van der Waals surface area (Å²) in [4.78, 5) is 8.43. The summed E-state index contributed by atoms with van der Waals surface area (Å²) in [6, 6.07) is 1.00. The minimum Gasteiger partial charge on any atom is -0.353 e. The van der Waals surface area contributed by atoms with Gasteiger partial charge in [-0.15, -0.1) is 0 Å². The smallest absolute Gasteiger partial charge is 0.203 e. The number of nitrogens with zero attached hydrogens (tertiary/aromatic N) is 4. The van der Waals surface area contributed by atoms with E-state index in [-0.39, 0.29) is 0 Å². The highest BCUT2D eigenvalue weighted by atomic mass is 15.2. The number of hydrogen-bond acceptors (Lipinski definition) is 3. The van der Waals surface area contributed by atoms with E-state index in [1.165, 1.54) is 12.8 Å². The van der Waals surface area contributed by atoms with Crippen LogP contribution in [0.5, 0.6) is 0 Å². The second-order valence-corrected chi connectivity index (χ2v) is 4.69. The Morgan fingerprint density at radius 3 is 3.00 bits per heavy atom. The van der Waals surface area contributed by atoms with Crippen LogP contribution in [0.2, 0.25) is 0 Å². The molecule has 1 atom stereocenters. The van der Waals surface area contributed by atoms with Gasteiger partial charge in [-0.05, 0) is 19.8 Å². The lowest BCUT2D eigenvalue weighted by Gasteiger charge is -2.17. The van der Waals surface area contributed by atoms with Crippen molar-refractivity contribution >= 4 is 5.95 Å². The number of imidazole rings is 2. The summed E-state index contributed by atoms with van der Waals surface area (Å²) in [5.41, 5.74) is 0. The number of aromatic nitrogens is 4. The van der Waals surface area contributed by atoms with Crippen molar-refractivity contribution in [2.45, 2.75) is 38.4 Å². The van der Waals surface area contributed by atoms with Gasteiger partial charge in [0.15, 0.2) is 0 Å². The first-order valence-electron chi connectivity index (χ1n) is 6.08. The van der Waals surface area contributed by atoms with Gasteiger partial charge in [-0.1, -0.05) is 0 Å². The molecule has 3 rings (SSSR count). The van der Waals surface area contributed by atoms with E-state index in [0.717, 1.165) is 12.5 Å². The Balaban J connectivity index is 1.71. The maximum absolute atomic E-state index is 4.37. The lowest BCUT2D eigenvalue weighted by Crippen LogP contribution is -2.15. The molecule has 2 aromatic heterocycles. The van der Waals surface area contributed by atoms with Crippen molar-refractivity contribution in [3.05, 3.63) is 31.1 Å². The minimum absolute atomic E-state index is 0.368. The van der Waals surface area contributed by atoms with Gasteiger partial charge in [-0.25, -0.2) is 9.97 Å². The largest absolute Gasteiger partial charge is 0.353 e. The molecule has 1 unspecified atom stereocenters. The highest BCUT2D eigenvalue weighted by Crippen LogP contribution is 2.25. The lowest BCUT2D eigenvalue weighted by atomic mass is 10.3. The maximum atomic E-state index is 4.37. The molecule has 0 radical (unpaired) electrons. The maximum Gasteiger partial charge on any atom is 0.203 e. The highest BCUT2D eigenvalue weighted by Gasteiger charge is 2.23. The van der Waals surface area contributed by atoms with Crippen LogP contribution in [0.3, 0.4) is 0 Å². The molecule has 90 valence electrons. The highest BCUT2D eigenvalue weighted by molar-refractivity contribution is 5.30. The second-order valence-electron chi connectivity index (χ2n) is 4.69. The van der Waals surface area contributed by atoms with Gasteiger partial charge in [0.05, 0.1) is 12.4 Å². The normalized spacial score (nSPS) is 17.0. The zero-order valence-electron chi connectivity index (χ0n) is 9.95. The standard InChI is InChI=1S/C12H17N5/c1-10(8-16-6-4-13-9-16)17-7-5-14-12(17)15-11-2-3-11/h4-7,9-11H,2-3,8H2,1H3,(H,14,15). The molecule has 1 N–H and O–H groups in total. The van der Waals surface area contributed by atoms with Gasteiger partial charge in [0.25, 0.3) is 0 Å². The van der Waals surface area contributed by atoms with Crippen molar-refractivity contribution in [1.29, 1.82) is 0 Å². The third kappa shape index (κ3) is 2.33. The number of hydrogen-bond donors (Lipinski definition) is 1. The van der Waals surface area contributed by atoms with Crippen molar-refractivity contribution in [1.82, 2.24) is 19.1 Å². The average Bonchev–Trinajstić information content (AvgIpc) is 2.80. The lowest BCUT2D eigenvalue weighted by molar-refractivity contribution is 0.467. The first-order valence-corrected chi connectivity index (χ1v) is 6.08. The third-order valence-corrected chi connectivity index (χ3v) is 3.09. The first kappa shape index (κ1) is 10.4. The predicted molar refractivity (Wildman–Crippen MR) is 65.8 cm³/mol. The van der Waals surface area contributed by atoms with Gasteiger partial charge >= 0.3 is 0 Å². The van der Waals surface area contributed by atoms with Crippen LogP contribution in [-0.2, 0) is 6.54 Å². The van der Waals surface area contributed by atoms with Crippen LogP contribution in [0, 0.1) is 0 Å². The molecule has 1 fully saturated rings. The molecule has 5 nitrogen and oxygen atoms in total. The quantitative estimate of drug-likeness (QED) is 0.855. The van der Waals surface area contributed by atoms with Crippen LogP contribution in [0.4, 0.5) is 5.95 Å². The summed E-state index contributed by atoms with van der Waals surface area (Å²) in [5.74, 6) is 0.986. The molecule has 0 spiro atoms. The van der Waals surface area contributed by atoms with Crippen molar-refractivity contribution < 1.29 is 0 Å². The van der Waals surface area contributed by atoms with E-state index in [0.29, 0.717) is 12.1 Å².